The summed E-state index contributed by atoms with van der Waals surface area (Å²) in [4.78, 5) is 11.7. The van der Waals surface area contributed by atoms with Crippen LogP contribution < -0.4 is 4.74 Å². The van der Waals surface area contributed by atoms with E-state index in [0.29, 0.717) is 29.3 Å². The number of benzene rings is 3. The Morgan fingerprint density at radius 3 is 2.25 bits per heavy atom. The highest BCUT2D eigenvalue weighted by Gasteiger charge is 2.23. The molecule has 0 unspecified atom stereocenters. The Morgan fingerprint density at radius 2 is 1.54 bits per heavy atom. The molecule has 4 aromatic rings. The minimum absolute atomic E-state index is 0.107. The predicted octanol–water partition coefficient (Wildman–Crippen LogP) is 4.21. The van der Waals surface area contributed by atoms with Crippen molar-refractivity contribution in [2.24, 2.45) is 0 Å². The summed E-state index contributed by atoms with van der Waals surface area (Å²) in [5.41, 5.74) is 2.67. The zero-order chi connectivity index (χ0) is 19.3. The van der Waals surface area contributed by atoms with Crippen molar-refractivity contribution in [3.63, 3.8) is 0 Å². The zero-order valence-corrected chi connectivity index (χ0v) is 14.9. The Kier molecular flexibility index (Phi) is 4.84. The SMILES string of the molecule is O=C(O)c1nnn(-c2ccccc2OCc2ccccc2)c1-c1ccccc1. The molecule has 1 aromatic heterocycles. The van der Waals surface area contributed by atoms with Crippen molar-refractivity contribution in [2.75, 3.05) is 0 Å². The minimum Gasteiger partial charge on any atom is -0.487 e. The molecule has 0 bridgehead atoms. The van der Waals surface area contributed by atoms with Gasteiger partial charge in [0.15, 0.2) is 5.69 Å². The maximum atomic E-state index is 11.7. The van der Waals surface area contributed by atoms with Crippen molar-refractivity contribution in [2.45, 2.75) is 6.61 Å². The Balaban J connectivity index is 1.77. The molecule has 0 aliphatic heterocycles. The van der Waals surface area contributed by atoms with E-state index in [2.05, 4.69) is 10.3 Å². The fourth-order valence-electron chi connectivity index (χ4n) is 2.94. The normalized spacial score (nSPS) is 10.6. The van der Waals surface area contributed by atoms with E-state index in [0.717, 1.165) is 5.56 Å². The lowest BCUT2D eigenvalue weighted by Gasteiger charge is -2.13. The highest BCUT2D eigenvalue weighted by molar-refractivity contribution is 5.93. The number of ether oxygens (including phenoxy) is 1. The molecule has 3 aromatic carbocycles. The van der Waals surface area contributed by atoms with E-state index < -0.39 is 5.97 Å². The number of rotatable bonds is 6. The number of hydrogen-bond donors (Lipinski definition) is 1. The van der Waals surface area contributed by atoms with Crippen LogP contribution in [0.25, 0.3) is 16.9 Å². The van der Waals surface area contributed by atoms with Crippen LogP contribution in [0, 0.1) is 0 Å². The number of carboxylic acid groups (broad SMARTS) is 1. The average Bonchev–Trinajstić information content (AvgIpc) is 3.19. The molecule has 0 saturated heterocycles. The Morgan fingerprint density at radius 1 is 0.893 bits per heavy atom. The summed E-state index contributed by atoms with van der Waals surface area (Å²) in [5, 5.41) is 17.6. The first-order chi connectivity index (χ1) is 13.7. The van der Waals surface area contributed by atoms with E-state index in [9.17, 15) is 9.90 Å². The van der Waals surface area contributed by atoms with Crippen molar-refractivity contribution >= 4 is 5.97 Å². The van der Waals surface area contributed by atoms with Gasteiger partial charge in [-0.05, 0) is 17.7 Å². The van der Waals surface area contributed by atoms with E-state index in [1.54, 1.807) is 0 Å². The number of nitrogens with zero attached hydrogens (tertiary/aromatic N) is 3. The van der Waals surface area contributed by atoms with Crippen LogP contribution in [0.2, 0.25) is 0 Å². The summed E-state index contributed by atoms with van der Waals surface area (Å²) in [6.45, 7) is 0.388. The quantitative estimate of drug-likeness (QED) is 0.549. The molecule has 0 amide bonds. The first-order valence-electron chi connectivity index (χ1n) is 8.74. The van der Waals surface area contributed by atoms with Crippen molar-refractivity contribution in [1.82, 2.24) is 15.0 Å². The molecule has 0 fully saturated rings. The first-order valence-corrected chi connectivity index (χ1v) is 8.74. The summed E-state index contributed by atoms with van der Waals surface area (Å²) in [7, 11) is 0. The monoisotopic (exact) mass is 371 g/mol. The van der Waals surface area contributed by atoms with E-state index in [4.69, 9.17) is 4.74 Å². The van der Waals surface area contributed by atoms with Crippen molar-refractivity contribution in [1.29, 1.82) is 0 Å². The number of carboxylic acids is 1. The molecule has 0 saturated carbocycles. The zero-order valence-electron chi connectivity index (χ0n) is 14.9. The van der Waals surface area contributed by atoms with Gasteiger partial charge in [0.1, 0.15) is 23.7 Å². The summed E-state index contributed by atoms with van der Waals surface area (Å²) in [5.74, 6) is -0.543. The van der Waals surface area contributed by atoms with E-state index >= 15 is 0 Å². The molecule has 6 nitrogen and oxygen atoms in total. The van der Waals surface area contributed by atoms with Gasteiger partial charge in [-0.1, -0.05) is 78.0 Å². The minimum atomic E-state index is -1.13. The van der Waals surface area contributed by atoms with Crippen LogP contribution >= 0.6 is 0 Å². The predicted molar refractivity (Wildman–Crippen MR) is 105 cm³/mol. The fraction of sp³-hybridized carbons (Fsp3) is 0.0455. The van der Waals surface area contributed by atoms with Crippen LogP contribution in [0.1, 0.15) is 16.1 Å². The van der Waals surface area contributed by atoms with E-state index in [1.807, 2.05) is 84.9 Å². The maximum Gasteiger partial charge on any atom is 0.358 e. The van der Waals surface area contributed by atoms with Gasteiger partial charge in [0.05, 0.1) is 0 Å². The second-order valence-corrected chi connectivity index (χ2v) is 6.11. The highest BCUT2D eigenvalue weighted by atomic mass is 16.5. The molecule has 1 N–H and O–H groups in total. The van der Waals surface area contributed by atoms with Crippen LogP contribution in [-0.2, 0) is 6.61 Å². The summed E-state index contributed by atoms with van der Waals surface area (Å²) >= 11 is 0. The van der Waals surface area contributed by atoms with Crippen LogP contribution in [0.4, 0.5) is 0 Å². The molecule has 4 rings (SSSR count). The van der Waals surface area contributed by atoms with Gasteiger partial charge in [-0.15, -0.1) is 5.10 Å². The molecule has 28 heavy (non-hydrogen) atoms. The van der Waals surface area contributed by atoms with E-state index in [-0.39, 0.29) is 5.69 Å². The number of carbonyl (C=O) groups is 1. The summed E-state index contributed by atoms with van der Waals surface area (Å²) < 4.78 is 7.52. The van der Waals surface area contributed by atoms with Crippen molar-refractivity contribution in [3.8, 4) is 22.7 Å². The first kappa shape index (κ1) is 17.5. The van der Waals surface area contributed by atoms with Crippen LogP contribution in [0.3, 0.4) is 0 Å². The smallest absolute Gasteiger partial charge is 0.358 e. The topological polar surface area (TPSA) is 77.2 Å². The van der Waals surface area contributed by atoms with Gasteiger partial charge in [-0.2, -0.15) is 0 Å². The lowest BCUT2D eigenvalue weighted by Crippen LogP contribution is -2.05. The molecule has 0 aliphatic carbocycles. The molecule has 0 atom stereocenters. The molecule has 0 aliphatic rings. The number of para-hydroxylation sites is 2. The number of hydrogen-bond acceptors (Lipinski definition) is 4. The maximum absolute atomic E-state index is 11.7. The van der Waals surface area contributed by atoms with Gasteiger partial charge >= 0.3 is 5.97 Å². The van der Waals surface area contributed by atoms with Gasteiger partial charge < -0.3 is 9.84 Å². The van der Waals surface area contributed by atoms with Gasteiger partial charge in [0, 0.05) is 5.56 Å². The number of aromatic carboxylic acids is 1. The van der Waals surface area contributed by atoms with Gasteiger partial charge in [-0.25, -0.2) is 9.48 Å². The highest BCUT2D eigenvalue weighted by Crippen LogP contribution is 2.30. The molecular formula is C22H17N3O3. The molecule has 6 heteroatoms. The van der Waals surface area contributed by atoms with E-state index in [1.165, 1.54) is 4.68 Å². The molecule has 0 spiro atoms. The lowest BCUT2D eigenvalue weighted by atomic mass is 10.1. The van der Waals surface area contributed by atoms with Crippen molar-refractivity contribution in [3.05, 3.63) is 96.2 Å². The van der Waals surface area contributed by atoms with Gasteiger partial charge in [0.25, 0.3) is 0 Å². The largest absolute Gasteiger partial charge is 0.487 e. The standard InChI is InChI=1S/C22H17N3O3/c26-22(27)20-21(17-11-5-2-6-12-17)25(24-23-20)18-13-7-8-14-19(18)28-15-16-9-3-1-4-10-16/h1-14H,15H2,(H,26,27). The lowest BCUT2D eigenvalue weighted by molar-refractivity contribution is 0.0691. The second-order valence-electron chi connectivity index (χ2n) is 6.11. The van der Waals surface area contributed by atoms with Crippen LogP contribution in [0.5, 0.6) is 5.75 Å². The van der Waals surface area contributed by atoms with Crippen molar-refractivity contribution < 1.29 is 14.6 Å². The van der Waals surface area contributed by atoms with Gasteiger partial charge in [0.2, 0.25) is 0 Å². The summed E-state index contributed by atoms with van der Waals surface area (Å²) in [6.07, 6.45) is 0. The number of aromatic nitrogens is 3. The fourth-order valence-corrected chi connectivity index (χ4v) is 2.94. The second kappa shape index (κ2) is 7.75. The Hall–Kier alpha value is -3.93. The molecular weight excluding hydrogens is 354 g/mol. The molecule has 138 valence electrons. The summed E-state index contributed by atoms with van der Waals surface area (Å²) in [6, 6.07) is 26.4. The Bertz CT molecular complexity index is 1090. The van der Waals surface area contributed by atoms with Gasteiger partial charge in [-0.3, -0.25) is 0 Å². The Labute approximate surface area is 161 Å². The average molecular weight is 371 g/mol. The molecule has 0 radical (unpaired) electrons. The third-order valence-electron chi connectivity index (χ3n) is 4.25. The third kappa shape index (κ3) is 3.48. The molecule has 1 heterocycles. The third-order valence-corrected chi connectivity index (χ3v) is 4.25. The van der Waals surface area contributed by atoms with Crippen LogP contribution in [-0.4, -0.2) is 26.1 Å². The van der Waals surface area contributed by atoms with Crippen LogP contribution in [0.15, 0.2) is 84.9 Å².